The highest BCUT2D eigenvalue weighted by atomic mass is 32.1. The highest BCUT2D eigenvalue weighted by Gasteiger charge is 2.33. The molecule has 7 aromatic rings. The lowest BCUT2D eigenvalue weighted by Gasteiger charge is -2.31. The van der Waals surface area contributed by atoms with Gasteiger partial charge < -0.3 is 14.0 Å². The SMILES string of the molecule is COc1ccc([C@H]2C3=C(N=c4s/c(=C/c5cc(-c6ccccc6)n(-c6ccccc6)c5-c5ccccc5)c(=O)n42)c2ccccc2CC3)cc1OC. The Bertz CT molecular complexity index is 2670. The van der Waals surface area contributed by atoms with Crippen molar-refractivity contribution >= 4 is 23.1 Å². The molecule has 0 saturated heterocycles. The van der Waals surface area contributed by atoms with Gasteiger partial charge in [0.15, 0.2) is 16.3 Å². The molecular weight excluding hydrogens is 663 g/mol. The normalized spacial score (nSPS) is 15.0. The Morgan fingerprint density at radius 3 is 2.13 bits per heavy atom. The van der Waals surface area contributed by atoms with Gasteiger partial charge in [-0.05, 0) is 77.1 Å². The van der Waals surface area contributed by atoms with Crippen molar-refractivity contribution in [2.24, 2.45) is 4.99 Å². The summed E-state index contributed by atoms with van der Waals surface area (Å²) in [6, 6.07) is 47.5. The van der Waals surface area contributed by atoms with Crippen molar-refractivity contribution < 1.29 is 9.47 Å². The third-order valence-corrected chi connectivity index (χ3v) is 11.0. The average molecular weight is 698 g/mol. The van der Waals surface area contributed by atoms with E-state index in [1.54, 1.807) is 14.2 Å². The molecule has 7 heteroatoms. The van der Waals surface area contributed by atoms with Crippen molar-refractivity contribution in [2.45, 2.75) is 18.9 Å². The third-order valence-electron chi connectivity index (χ3n) is 10.0. The van der Waals surface area contributed by atoms with Crippen LogP contribution in [0.1, 0.15) is 34.7 Å². The van der Waals surface area contributed by atoms with E-state index in [1.165, 1.54) is 16.9 Å². The van der Waals surface area contributed by atoms with Crippen LogP contribution in [0.2, 0.25) is 0 Å². The summed E-state index contributed by atoms with van der Waals surface area (Å²) in [5, 5.41) is 0. The first-order chi connectivity index (χ1) is 25.6. The molecule has 1 aliphatic heterocycles. The van der Waals surface area contributed by atoms with Gasteiger partial charge in [-0.1, -0.05) is 121 Å². The lowest BCUT2D eigenvalue weighted by Crippen LogP contribution is -2.38. The summed E-state index contributed by atoms with van der Waals surface area (Å²) < 4.78 is 16.1. The van der Waals surface area contributed by atoms with E-state index in [0.29, 0.717) is 20.8 Å². The second-order valence-electron chi connectivity index (χ2n) is 13.0. The van der Waals surface area contributed by atoms with Crippen LogP contribution in [-0.4, -0.2) is 23.4 Å². The van der Waals surface area contributed by atoms with Crippen molar-refractivity contribution in [1.29, 1.82) is 0 Å². The highest BCUT2D eigenvalue weighted by molar-refractivity contribution is 7.07. The van der Waals surface area contributed by atoms with Crippen LogP contribution in [0.4, 0.5) is 0 Å². The number of aromatic nitrogens is 2. The maximum absolute atomic E-state index is 14.9. The van der Waals surface area contributed by atoms with Crippen LogP contribution in [0.3, 0.4) is 0 Å². The molecule has 0 saturated carbocycles. The minimum absolute atomic E-state index is 0.0679. The summed E-state index contributed by atoms with van der Waals surface area (Å²) in [6.07, 6.45) is 3.74. The topological polar surface area (TPSA) is 57.8 Å². The molecule has 0 unspecified atom stereocenters. The minimum atomic E-state index is -0.344. The number of fused-ring (bicyclic) bond motifs is 3. The van der Waals surface area contributed by atoms with Crippen LogP contribution in [0, 0.1) is 0 Å². The van der Waals surface area contributed by atoms with Gasteiger partial charge in [-0.15, -0.1) is 0 Å². The van der Waals surface area contributed by atoms with Crippen LogP contribution in [0.25, 0.3) is 40.0 Å². The molecule has 3 heterocycles. The third kappa shape index (κ3) is 5.33. The number of ether oxygens (including phenoxy) is 2. The summed E-state index contributed by atoms with van der Waals surface area (Å²) in [6.45, 7) is 0. The first-order valence-electron chi connectivity index (χ1n) is 17.4. The fourth-order valence-electron chi connectivity index (χ4n) is 7.68. The Kier molecular flexibility index (Phi) is 8.05. The molecule has 1 aliphatic carbocycles. The first-order valence-corrected chi connectivity index (χ1v) is 18.2. The molecule has 0 bridgehead atoms. The molecule has 1 atom stereocenters. The van der Waals surface area contributed by atoms with Crippen LogP contribution in [0.5, 0.6) is 11.5 Å². The van der Waals surface area contributed by atoms with E-state index in [9.17, 15) is 4.79 Å². The standard InChI is InChI=1S/C45H35N3O3S/c1-50-38-25-23-32(27-39(38)51-2)43-36-24-22-29-14-12-13-21-35(29)41(36)46-45-48(43)44(49)40(52-45)28-33-26-37(30-15-6-3-7-16-30)47(34-19-10-5-11-20-34)42(33)31-17-8-4-9-18-31/h3-21,23,25-28,43H,22,24H2,1-2H3/b40-28+/t43-/m0/s1. The number of hydrogen-bond acceptors (Lipinski definition) is 5. The van der Waals surface area contributed by atoms with Crippen molar-refractivity contribution in [1.82, 2.24) is 9.13 Å². The molecule has 2 aliphatic rings. The van der Waals surface area contributed by atoms with E-state index in [-0.39, 0.29) is 11.6 Å². The van der Waals surface area contributed by atoms with Gasteiger partial charge in [0.25, 0.3) is 5.56 Å². The van der Waals surface area contributed by atoms with Gasteiger partial charge in [0.1, 0.15) is 0 Å². The Hall–Kier alpha value is -6.18. The minimum Gasteiger partial charge on any atom is -0.493 e. The maximum Gasteiger partial charge on any atom is 0.271 e. The van der Waals surface area contributed by atoms with Gasteiger partial charge in [-0.25, -0.2) is 4.99 Å². The van der Waals surface area contributed by atoms with Gasteiger partial charge in [0, 0.05) is 16.8 Å². The Morgan fingerprint density at radius 2 is 1.40 bits per heavy atom. The van der Waals surface area contributed by atoms with E-state index < -0.39 is 0 Å². The number of hydrogen-bond donors (Lipinski definition) is 0. The summed E-state index contributed by atoms with van der Waals surface area (Å²) >= 11 is 1.44. The molecule has 9 rings (SSSR count). The molecule has 6 nitrogen and oxygen atoms in total. The number of aryl methyl sites for hydroxylation is 1. The summed E-state index contributed by atoms with van der Waals surface area (Å²) in [5.41, 5.74) is 11.6. The number of methoxy groups -OCH3 is 2. The number of nitrogens with zero attached hydrogens (tertiary/aromatic N) is 3. The molecule has 5 aromatic carbocycles. The van der Waals surface area contributed by atoms with Gasteiger partial charge in [0.2, 0.25) is 0 Å². The van der Waals surface area contributed by atoms with E-state index in [0.717, 1.165) is 69.0 Å². The number of allylic oxidation sites excluding steroid dienone is 1. The Labute approximate surface area is 305 Å². The van der Waals surface area contributed by atoms with Crippen molar-refractivity contribution in [2.75, 3.05) is 14.2 Å². The number of para-hydroxylation sites is 1. The molecule has 0 N–H and O–H groups in total. The molecule has 2 aromatic heterocycles. The quantitative estimate of drug-likeness (QED) is 0.168. The zero-order chi connectivity index (χ0) is 35.2. The van der Waals surface area contributed by atoms with Crippen LogP contribution in [-0.2, 0) is 6.42 Å². The van der Waals surface area contributed by atoms with Crippen molar-refractivity contribution in [3.8, 4) is 39.7 Å². The summed E-state index contributed by atoms with van der Waals surface area (Å²) in [7, 11) is 3.28. The average Bonchev–Trinajstić information content (AvgIpc) is 3.74. The molecule has 0 radical (unpaired) electrons. The predicted octanol–water partition coefficient (Wildman–Crippen LogP) is 8.46. The number of rotatable bonds is 7. The van der Waals surface area contributed by atoms with Crippen LogP contribution in [0.15, 0.2) is 155 Å². The van der Waals surface area contributed by atoms with Crippen LogP contribution >= 0.6 is 11.3 Å². The zero-order valence-corrected chi connectivity index (χ0v) is 29.6. The fourth-order valence-corrected chi connectivity index (χ4v) is 8.68. The van der Waals surface area contributed by atoms with Gasteiger partial charge in [-0.2, -0.15) is 0 Å². The van der Waals surface area contributed by atoms with E-state index in [1.807, 2.05) is 41.0 Å². The zero-order valence-electron chi connectivity index (χ0n) is 28.8. The maximum atomic E-state index is 14.9. The molecule has 0 spiro atoms. The Balaban J connectivity index is 1.32. The molecule has 52 heavy (non-hydrogen) atoms. The largest absolute Gasteiger partial charge is 0.493 e. The van der Waals surface area contributed by atoms with Gasteiger partial charge in [-0.3, -0.25) is 9.36 Å². The Morgan fingerprint density at radius 1 is 0.731 bits per heavy atom. The lowest BCUT2D eigenvalue weighted by molar-refractivity contribution is 0.354. The van der Waals surface area contributed by atoms with Gasteiger partial charge >= 0.3 is 0 Å². The second kappa shape index (κ2) is 13.2. The van der Waals surface area contributed by atoms with Crippen molar-refractivity contribution in [3.05, 3.63) is 187 Å². The van der Waals surface area contributed by atoms with Gasteiger partial charge in [0.05, 0.1) is 41.9 Å². The fraction of sp³-hybridized carbons (Fsp3) is 0.111. The lowest BCUT2D eigenvalue weighted by atomic mass is 9.83. The molecule has 0 amide bonds. The second-order valence-corrected chi connectivity index (χ2v) is 14.0. The highest BCUT2D eigenvalue weighted by Crippen LogP contribution is 2.43. The number of benzene rings is 5. The van der Waals surface area contributed by atoms with E-state index in [4.69, 9.17) is 14.5 Å². The number of thiazole rings is 1. The van der Waals surface area contributed by atoms with Crippen molar-refractivity contribution in [3.63, 3.8) is 0 Å². The predicted molar refractivity (Wildman–Crippen MR) is 209 cm³/mol. The van der Waals surface area contributed by atoms with E-state index in [2.05, 4.69) is 114 Å². The monoisotopic (exact) mass is 697 g/mol. The van der Waals surface area contributed by atoms with E-state index >= 15 is 0 Å². The smallest absolute Gasteiger partial charge is 0.271 e. The first kappa shape index (κ1) is 31.8. The van der Waals surface area contributed by atoms with Crippen LogP contribution < -0.4 is 24.4 Å². The molecule has 254 valence electrons. The summed E-state index contributed by atoms with van der Waals surface area (Å²) in [4.78, 5) is 20.8. The molecule has 0 fully saturated rings. The summed E-state index contributed by atoms with van der Waals surface area (Å²) in [5.74, 6) is 1.27. The molecular formula is C45H35N3O3S.